The molecule has 2 aromatic rings. The molecule has 1 saturated heterocycles. The molecule has 0 bridgehead atoms. The Balaban J connectivity index is 0.00000240. The summed E-state index contributed by atoms with van der Waals surface area (Å²) in [4.78, 5) is 6.86. The second kappa shape index (κ2) is 10.9. The van der Waals surface area contributed by atoms with Crippen LogP contribution in [-0.2, 0) is 24.2 Å². The number of nitrogens with zero attached hydrogens (tertiary/aromatic N) is 2. The predicted molar refractivity (Wildman–Crippen MR) is 129 cm³/mol. The van der Waals surface area contributed by atoms with Crippen LogP contribution >= 0.6 is 24.0 Å². The summed E-state index contributed by atoms with van der Waals surface area (Å²) < 4.78 is 5.47. The highest BCUT2D eigenvalue weighted by molar-refractivity contribution is 14.0. The van der Waals surface area contributed by atoms with Gasteiger partial charge in [0.1, 0.15) is 0 Å². The van der Waals surface area contributed by atoms with E-state index in [1.165, 1.54) is 22.3 Å². The van der Waals surface area contributed by atoms with Crippen molar-refractivity contribution in [1.29, 1.82) is 0 Å². The quantitative estimate of drug-likeness (QED) is 0.359. The monoisotopic (exact) mass is 506 g/mol. The lowest BCUT2D eigenvalue weighted by atomic mass is 9.78. The highest BCUT2D eigenvalue weighted by Gasteiger charge is 2.25. The van der Waals surface area contributed by atoms with Crippen LogP contribution in [0.15, 0.2) is 53.5 Å². The van der Waals surface area contributed by atoms with E-state index >= 15 is 0 Å². The summed E-state index contributed by atoms with van der Waals surface area (Å²) in [6.45, 7) is 6.36. The molecule has 0 radical (unpaired) electrons. The number of morpholine rings is 1. The SMILES string of the molecule is CN=C(NCc1ccccc1CN1CCOCC1)NCC1Cc2ccccc21.I. The van der Waals surface area contributed by atoms with Crippen LogP contribution in [0.25, 0.3) is 0 Å². The lowest BCUT2D eigenvalue weighted by Gasteiger charge is -2.30. The fourth-order valence-corrected chi connectivity index (χ4v) is 4.05. The Hall–Kier alpha value is -1.64. The third-order valence-electron chi connectivity index (χ3n) is 5.76. The van der Waals surface area contributed by atoms with E-state index < -0.39 is 0 Å². The molecular formula is C23H31IN4O. The van der Waals surface area contributed by atoms with Crippen molar-refractivity contribution in [1.82, 2.24) is 15.5 Å². The summed E-state index contributed by atoms with van der Waals surface area (Å²) in [6.07, 6.45) is 1.16. The van der Waals surface area contributed by atoms with Gasteiger partial charge in [-0.1, -0.05) is 48.5 Å². The number of ether oxygens (including phenoxy) is 1. The summed E-state index contributed by atoms with van der Waals surface area (Å²) in [5.41, 5.74) is 5.65. The van der Waals surface area contributed by atoms with Gasteiger partial charge >= 0.3 is 0 Å². The molecule has 2 N–H and O–H groups in total. The molecule has 1 atom stereocenters. The molecular weight excluding hydrogens is 475 g/mol. The van der Waals surface area contributed by atoms with Gasteiger partial charge in [-0.15, -0.1) is 24.0 Å². The van der Waals surface area contributed by atoms with E-state index in [9.17, 15) is 0 Å². The molecule has 1 fully saturated rings. The van der Waals surface area contributed by atoms with Gasteiger partial charge in [0.2, 0.25) is 0 Å². The maximum Gasteiger partial charge on any atom is 0.191 e. The Kier molecular flexibility index (Phi) is 8.32. The van der Waals surface area contributed by atoms with Crippen LogP contribution < -0.4 is 10.6 Å². The zero-order valence-corrected chi connectivity index (χ0v) is 19.4. The minimum absolute atomic E-state index is 0. The van der Waals surface area contributed by atoms with Crippen molar-refractivity contribution in [3.63, 3.8) is 0 Å². The maximum absolute atomic E-state index is 5.47. The second-order valence-electron chi connectivity index (χ2n) is 7.56. The Morgan fingerprint density at radius 3 is 2.52 bits per heavy atom. The molecule has 0 amide bonds. The number of hydrogen-bond donors (Lipinski definition) is 2. The number of fused-ring (bicyclic) bond motifs is 1. The van der Waals surface area contributed by atoms with Crippen LogP contribution in [0.1, 0.15) is 28.2 Å². The van der Waals surface area contributed by atoms with Gasteiger partial charge in [-0.3, -0.25) is 9.89 Å². The Labute approximate surface area is 191 Å². The average molecular weight is 506 g/mol. The number of halogens is 1. The summed E-state index contributed by atoms with van der Waals surface area (Å²) >= 11 is 0. The van der Waals surface area contributed by atoms with Crippen LogP contribution in [0.3, 0.4) is 0 Å². The first-order valence-corrected chi connectivity index (χ1v) is 10.2. The standard InChI is InChI=1S/C23H30N4O.HI/c1-24-23(26-16-21-14-18-6-4-5-9-22(18)21)25-15-19-7-2-3-8-20(19)17-27-10-12-28-13-11-27;/h2-9,21H,10-17H2,1H3,(H2,24,25,26);1H. The lowest BCUT2D eigenvalue weighted by Crippen LogP contribution is -2.41. The molecule has 29 heavy (non-hydrogen) atoms. The molecule has 0 saturated carbocycles. The van der Waals surface area contributed by atoms with Gasteiger partial charge < -0.3 is 15.4 Å². The van der Waals surface area contributed by atoms with Crippen LogP contribution in [-0.4, -0.2) is 50.8 Å². The van der Waals surface area contributed by atoms with Crippen molar-refractivity contribution in [3.05, 3.63) is 70.8 Å². The van der Waals surface area contributed by atoms with E-state index in [-0.39, 0.29) is 24.0 Å². The first-order valence-electron chi connectivity index (χ1n) is 10.2. The Morgan fingerprint density at radius 2 is 1.76 bits per heavy atom. The molecule has 4 rings (SSSR count). The van der Waals surface area contributed by atoms with E-state index in [0.29, 0.717) is 5.92 Å². The first-order chi connectivity index (χ1) is 13.8. The van der Waals surface area contributed by atoms with Crippen LogP contribution in [0.5, 0.6) is 0 Å². The Morgan fingerprint density at radius 1 is 1.03 bits per heavy atom. The molecule has 1 unspecified atom stereocenters. The van der Waals surface area contributed by atoms with Crippen molar-refractivity contribution >= 4 is 29.9 Å². The van der Waals surface area contributed by atoms with Crippen LogP contribution in [0.2, 0.25) is 0 Å². The molecule has 1 heterocycles. The van der Waals surface area contributed by atoms with E-state index in [0.717, 1.165) is 58.3 Å². The molecule has 6 heteroatoms. The number of guanidine groups is 1. The highest BCUT2D eigenvalue weighted by Crippen LogP contribution is 2.33. The number of nitrogens with one attached hydrogen (secondary N) is 2. The van der Waals surface area contributed by atoms with Crippen molar-refractivity contribution in [2.75, 3.05) is 39.9 Å². The van der Waals surface area contributed by atoms with E-state index in [2.05, 4.69) is 69.1 Å². The fraction of sp³-hybridized carbons (Fsp3) is 0.435. The first kappa shape index (κ1) is 22.1. The molecule has 1 aliphatic carbocycles. The summed E-state index contributed by atoms with van der Waals surface area (Å²) in [6, 6.07) is 17.4. The smallest absolute Gasteiger partial charge is 0.191 e. The number of benzene rings is 2. The minimum atomic E-state index is 0. The van der Waals surface area contributed by atoms with Crippen molar-refractivity contribution < 1.29 is 4.74 Å². The minimum Gasteiger partial charge on any atom is -0.379 e. The highest BCUT2D eigenvalue weighted by atomic mass is 127. The van der Waals surface area contributed by atoms with E-state index in [1.54, 1.807) is 0 Å². The molecule has 0 spiro atoms. The molecule has 2 aliphatic rings. The van der Waals surface area contributed by atoms with Crippen molar-refractivity contribution in [3.8, 4) is 0 Å². The largest absolute Gasteiger partial charge is 0.379 e. The molecule has 5 nitrogen and oxygen atoms in total. The average Bonchev–Trinajstić information content (AvgIpc) is 2.72. The third kappa shape index (κ3) is 5.71. The number of aliphatic imine (C=N–C) groups is 1. The zero-order valence-electron chi connectivity index (χ0n) is 17.1. The lowest BCUT2D eigenvalue weighted by molar-refractivity contribution is 0.0341. The molecule has 156 valence electrons. The second-order valence-corrected chi connectivity index (χ2v) is 7.56. The number of rotatable bonds is 6. The van der Waals surface area contributed by atoms with Gasteiger partial charge in [0.15, 0.2) is 5.96 Å². The van der Waals surface area contributed by atoms with Gasteiger partial charge in [-0.05, 0) is 28.7 Å². The van der Waals surface area contributed by atoms with Gasteiger partial charge in [-0.2, -0.15) is 0 Å². The molecule has 0 aromatic heterocycles. The Bertz CT molecular complexity index is 820. The topological polar surface area (TPSA) is 48.9 Å². The van der Waals surface area contributed by atoms with Gasteiger partial charge in [0, 0.05) is 45.7 Å². The number of hydrogen-bond acceptors (Lipinski definition) is 3. The van der Waals surface area contributed by atoms with Gasteiger partial charge in [0.05, 0.1) is 13.2 Å². The van der Waals surface area contributed by atoms with Crippen LogP contribution in [0.4, 0.5) is 0 Å². The normalized spacial score (nSPS) is 18.9. The zero-order chi connectivity index (χ0) is 19.2. The third-order valence-corrected chi connectivity index (χ3v) is 5.76. The van der Waals surface area contributed by atoms with Gasteiger partial charge in [0.25, 0.3) is 0 Å². The molecule has 1 aliphatic heterocycles. The van der Waals surface area contributed by atoms with E-state index in [1.807, 2.05) is 7.05 Å². The van der Waals surface area contributed by atoms with Gasteiger partial charge in [-0.25, -0.2) is 0 Å². The fourth-order valence-electron chi connectivity index (χ4n) is 4.05. The molecule has 2 aromatic carbocycles. The van der Waals surface area contributed by atoms with Crippen molar-refractivity contribution in [2.45, 2.75) is 25.4 Å². The van der Waals surface area contributed by atoms with E-state index in [4.69, 9.17) is 4.74 Å². The summed E-state index contributed by atoms with van der Waals surface area (Å²) in [5.74, 6) is 1.45. The summed E-state index contributed by atoms with van der Waals surface area (Å²) in [7, 11) is 1.84. The van der Waals surface area contributed by atoms with Crippen molar-refractivity contribution in [2.24, 2.45) is 4.99 Å². The predicted octanol–water partition coefficient (Wildman–Crippen LogP) is 3.14. The van der Waals surface area contributed by atoms with Crippen LogP contribution in [0, 0.1) is 0 Å². The summed E-state index contributed by atoms with van der Waals surface area (Å²) in [5, 5.41) is 6.98. The maximum atomic E-state index is 5.47.